The summed E-state index contributed by atoms with van der Waals surface area (Å²) in [6, 6.07) is 32.5. The first-order valence-corrected chi connectivity index (χ1v) is 9.83. The summed E-state index contributed by atoms with van der Waals surface area (Å²) in [5.74, 6) is 0. The number of fused-ring (bicyclic) bond motifs is 5. The number of aromatic nitrogens is 2. The molecule has 3 nitrogen and oxygen atoms in total. The number of hydrogen-bond acceptors (Lipinski definition) is 1. The molecule has 0 amide bonds. The Hall–Kier alpha value is -4.11. The van der Waals surface area contributed by atoms with Gasteiger partial charge in [0.2, 0.25) is 0 Å². The van der Waals surface area contributed by atoms with Crippen molar-refractivity contribution in [3.8, 4) is 22.3 Å². The van der Waals surface area contributed by atoms with Gasteiger partial charge in [-0.1, -0.05) is 72.8 Å². The van der Waals surface area contributed by atoms with Crippen molar-refractivity contribution in [2.45, 2.75) is 0 Å². The Kier molecular flexibility index (Phi) is 4.41. The number of hydrogen-bond donors (Lipinski definition) is 2. The molecule has 0 aliphatic rings. The van der Waals surface area contributed by atoms with Crippen LogP contribution in [0.4, 0.5) is 0 Å². The van der Waals surface area contributed by atoms with E-state index in [1.165, 1.54) is 55.0 Å². The maximum atomic E-state index is 8.00. The van der Waals surface area contributed by atoms with Crippen molar-refractivity contribution < 1.29 is 4.79 Å². The van der Waals surface area contributed by atoms with Crippen LogP contribution in [-0.2, 0) is 4.79 Å². The molecule has 2 N–H and O–H groups in total. The summed E-state index contributed by atoms with van der Waals surface area (Å²) in [4.78, 5) is 14.9. The molecule has 0 aliphatic carbocycles. The van der Waals surface area contributed by atoms with Gasteiger partial charge in [0.1, 0.15) is 6.79 Å². The SMILES string of the molecule is C=O.c1ccc(-c2ccc(-c3ccc4[nH]c5c(ccc6cc[nH]c65)c4c3)cc2)cc1. The van der Waals surface area contributed by atoms with Crippen LogP contribution in [-0.4, -0.2) is 16.8 Å². The van der Waals surface area contributed by atoms with Crippen molar-refractivity contribution in [2.75, 3.05) is 0 Å². The number of rotatable bonds is 2. The van der Waals surface area contributed by atoms with Crippen molar-refractivity contribution in [3.63, 3.8) is 0 Å². The van der Waals surface area contributed by atoms with Gasteiger partial charge in [0.15, 0.2) is 0 Å². The van der Waals surface area contributed by atoms with E-state index in [4.69, 9.17) is 4.79 Å². The normalized spacial score (nSPS) is 10.9. The molecule has 0 saturated heterocycles. The lowest BCUT2D eigenvalue weighted by Crippen LogP contribution is -1.80. The largest absolute Gasteiger partial charge is 0.359 e. The summed E-state index contributed by atoms with van der Waals surface area (Å²) < 4.78 is 0. The van der Waals surface area contributed by atoms with E-state index < -0.39 is 0 Å². The Labute approximate surface area is 174 Å². The lowest BCUT2D eigenvalue weighted by Gasteiger charge is -2.05. The second kappa shape index (κ2) is 7.37. The quantitative estimate of drug-likeness (QED) is 0.331. The van der Waals surface area contributed by atoms with E-state index in [-0.39, 0.29) is 0 Å². The molecule has 0 bridgehead atoms. The van der Waals surface area contributed by atoms with E-state index in [1.807, 2.05) is 13.0 Å². The van der Waals surface area contributed by atoms with Crippen molar-refractivity contribution >= 4 is 39.5 Å². The molecule has 144 valence electrons. The fourth-order valence-electron chi connectivity index (χ4n) is 4.16. The predicted molar refractivity (Wildman–Crippen MR) is 126 cm³/mol. The van der Waals surface area contributed by atoms with Gasteiger partial charge in [-0.25, -0.2) is 0 Å². The Bertz CT molecular complexity index is 1460. The van der Waals surface area contributed by atoms with Crippen LogP contribution in [0.3, 0.4) is 0 Å². The smallest absolute Gasteiger partial charge is 0.106 e. The van der Waals surface area contributed by atoms with E-state index in [9.17, 15) is 0 Å². The highest BCUT2D eigenvalue weighted by atomic mass is 16.1. The Morgan fingerprint density at radius 3 is 2.00 bits per heavy atom. The molecule has 2 heterocycles. The fourth-order valence-corrected chi connectivity index (χ4v) is 4.16. The number of carbonyl (C=O) groups excluding carboxylic acids is 1. The third-order valence-corrected chi connectivity index (χ3v) is 5.62. The van der Waals surface area contributed by atoms with Crippen LogP contribution in [0.1, 0.15) is 0 Å². The number of H-pyrrole nitrogens is 2. The molecular formula is C27H20N2O. The van der Waals surface area contributed by atoms with Gasteiger partial charge in [0, 0.05) is 27.9 Å². The van der Waals surface area contributed by atoms with Gasteiger partial charge in [-0.3, -0.25) is 0 Å². The molecule has 3 heteroatoms. The topological polar surface area (TPSA) is 48.6 Å². The zero-order valence-corrected chi connectivity index (χ0v) is 16.4. The molecule has 0 radical (unpaired) electrons. The van der Waals surface area contributed by atoms with Crippen LogP contribution in [0.2, 0.25) is 0 Å². The minimum atomic E-state index is 1.17. The fraction of sp³-hybridized carbons (Fsp3) is 0. The molecule has 0 atom stereocenters. The van der Waals surface area contributed by atoms with Crippen molar-refractivity contribution in [3.05, 3.63) is 97.2 Å². The van der Waals surface area contributed by atoms with Crippen LogP contribution in [0, 0.1) is 0 Å². The van der Waals surface area contributed by atoms with Gasteiger partial charge in [-0.2, -0.15) is 0 Å². The lowest BCUT2D eigenvalue weighted by molar-refractivity contribution is -0.0979. The average molecular weight is 388 g/mol. The maximum absolute atomic E-state index is 8.00. The summed E-state index contributed by atoms with van der Waals surface area (Å²) in [5.41, 5.74) is 8.47. The highest BCUT2D eigenvalue weighted by Gasteiger charge is 2.10. The first kappa shape index (κ1) is 18.0. The molecule has 6 rings (SSSR count). The lowest BCUT2D eigenvalue weighted by atomic mass is 9.99. The molecule has 0 fully saturated rings. The average Bonchev–Trinajstić information content (AvgIpc) is 3.45. The molecule has 0 saturated carbocycles. The second-order valence-electron chi connectivity index (χ2n) is 7.26. The van der Waals surface area contributed by atoms with Crippen LogP contribution in [0.15, 0.2) is 97.2 Å². The third-order valence-electron chi connectivity index (χ3n) is 5.62. The van der Waals surface area contributed by atoms with Crippen molar-refractivity contribution in [2.24, 2.45) is 0 Å². The van der Waals surface area contributed by atoms with Gasteiger partial charge < -0.3 is 14.8 Å². The van der Waals surface area contributed by atoms with Crippen LogP contribution >= 0.6 is 0 Å². The van der Waals surface area contributed by atoms with Gasteiger partial charge >= 0.3 is 0 Å². The van der Waals surface area contributed by atoms with Crippen LogP contribution < -0.4 is 0 Å². The van der Waals surface area contributed by atoms with Gasteiger partial charge in [-0.05, 0) is 40.5 Å². The highest BCUT2D eigenvalue weighted by molar-refractivity contribution is 6.16. The molecular weight excluding hydrogens is 368 g/mol. The van der Waals surface area contributed by atoms with E-state index in [0.29, 0.717) is 0 Å². The van der Waals surface area contributed by atoms with Gasteiger partial charge in [-0.15, -0.1) is 0 Å². The Morgan fingerprint density at radius 2 is 1.23 bits per heavy atom. The molecule has 2 aromatic heterocycles. The van der Waals surface area contributed by atoms with Gasteiger partial charge in [0.25, 0.3) is 0 Å². The van der Waals surface area contributed by atoms with Crippen molar-refractivity contribution in [1.82, 2.24) is 9.97 Å². The van der Waals surface area contributed by atoms with E-state index in [2.05, 4.69) is 101 Å². The molecule has 30 heavy (non-hydrogen) atoms. The van der Waals surface area contributed by atoms with Crippen LogP contribution in [0.5, 0.6) is 0 Å². The van der Waals surface area contributed by atoms with Crippen molar-refractivity contribution in [1.29, 1.82) is 0 Å². The Balaban J connectivity index is 0.000000937. The Morgan fingerprint density at radius 1 is 0.567 bits per heavy atom. The second-order valence-corrected chi connectivity index (χ2v) is 7.26. The summed E-state index contributed by atoms with van der Waals surface area (Å²) >= 11 is 0. The minimum Gasteiger partial charge on any atom is -0.359 e. The predicted octanol–water partition coefficient (Wildman–Crippen LogP) is 6.95. The highest BCUT2D eigenvalue weighted by Crippen LogP contribution is 2.33. The van der Waals surface area contributed by atoms with Gasteiger partial charge in [0.05, 0.1) is 11.0 Å². The zero-order chi connectivity index (χ0) is 20.5. The first-order chi connectivity index (χ1) is 14.9. The standard InChI is InChI=1S/C26H18N2.CH2O/c1-2-4-17(5-3-1)18-6-8-19(9-7-18)21-11-13-24-23(16-21)22-12-10-20-14-15-27-25(20)26(22)28-24;1-2/h1-16,27-28H;1H2. The monoisotopic (exact) mass is 388 g/mol. The molecule has 6 aromatic rings. The van der Waals surface area contributed by atoms with E-state index >= 15 is 0 Å². The number of benzene rings is 4. The summed E-state index contributed by atoms with van der Waals surface area (Å²) in [7, 11) is 0. The summed E-state index contributed by atoms with van der Waals surface area (Å²) in [5, 5.41) is 3.75. The summed E-state index contributed by atoms with van der Waals surface area (Å²) in [6.07, 6.45) is 2.00. The first-order valence-electron chi connectivity index (χ1n) is 9.83. The molecule has 0 aliphatic heterocycles. The maximum Gasteiger partial charge on any atom is 0.106 e. The summed E-state index contributed by atoms with van der Waals surface area (Å²) in [6.45, 7) is 2.00. The molecule has 0 spiro atoms. The van der Waals surface area contributed by atoms with E-state index in [0.717, 1.165) is 0 Å². The molecule has 0 unspecified atom stereocenters. The zero-order valence-electron chi connectivity index (χ0n) is 16.4. The number of aromatic amines is 2. The molecule has 4 aromatic carbocycles. The minimum absolute atomic E-state index is 1.17. The van der Waals surface area contributed by atoms with Crippen LogP contribution in [0.25, 0.3) is 55.0 Å². The van der Waals surface area contributed by atoms with E-state index in [1.54, 1.807) is 0 Å². The number of carbonyl (C=O) groups is 1. The third kappa shape index (κ3) is 2.88. The number of nitrogens with one attached hydrogen (secondary N) is 2.